The van der Waals surface area contributed by atoms with Crippen molar-refractivity contribution in [2.45, 2.75) is 25.8 Å². The molecule has 1 aromatic heterocycles. The molecular weight excluding hydrogens is 372 g/mol. The van der Waals surface area contributed by atoms with Gasteiger partial charge in [-0.2, -0.15) is 5.26 Å². The van der Waals surface area contributed by atoms with Crippen LogP contribution in [0.2, 0.25) is 5.02 Å². The number of aryl methyl sites for hydroxylation is 1. The number of hydrogen-bond acceptors (Lipinski definition) is 3. The number of pyridine rings is 1. The molecule has 0 radical (unpaired) electrons. The highest BCUT2D eigenvalue weighted by molar-refractivity contribution is 7.99. The van der Waals surface area contributed by atoms with E-state index in [1.807, 2.05) is 30.3 Å². The normalized spacial score (nSPS) is 10.8. The summed E-state index contributed by atoms with van der Waals surface area (Å²) in [5, 5.41) is 11.3. The second kappa shape index (κ2) is 8.61. The Hall–Kier alpha value is -2.28. The van der Waals surface area contributed by atoms with Crippen LogP contribution in [0, 0.1) is 24.2 Å². The molecule has 3 rings (SSSR count). The Balaban J connectivity index is 2.18. The molecule has 136 valence electrons. The Morgan fingerprint density at radius 2 is 1.67 bits per heavy atom. The first kappa shape index (κ1) is 19.5. The average Bonchev–Trinajstić information content (AvgIpc) is 2.66. The van der Waals surface area contributed by atoms with Crippen molar-refractivity contribution in [2.75, 3.05) is 5.75 Å². The molecule has 0 aliphatic rings. The van der Waals surface area contributed by atoms with E-state index >= 15 is 0 Å². The zero-order chi connectivity index (χ0) is 19.4. The van der Waals surface area contributed by atoms with Crippen LogP contribution < -0.4 is 0 Å². The van der Waals surface area contributed by atoms with Crippen LogP contribution in [0.1, 0.15) is 25.0 Å². The lowest BCUT2D eigenvalue weighted by molar-refractivity contribution is 0.749. The summed E-state index contributed by atoms with van der Waals surface area (Å²) in [5.74, 6) is 1.43. The number of nitriles is 1. The molecule has 0 atom stereocenters. The van der Waals surface area contributed by atoms with Crippen molar-refractivity contribution in [1.82, 2.24) is 4.98 Å². The van der Waals surface area contributed by atoms with E-state index in [1.165, 1.54) is 5.56 Å². The quantitative estimate of drug-likeness (QED) is 0.438. The van der Waals surface area contributed by atoms with Crippen LogP contribution in [0.25, 0.3) is 22.4 Å². The van der Waals surface area contributed by atoms with Gasteiger partial charge in [-0.25, -0.2) is 4.98 Å². The minimum atomic E-state index is 0.519. The number of benzene rings is 2. The first-order chi connectivity index (χ1) is 13.0. The summed E-state index contributed by atoms with van der Waals surface area (Å²) in [6, 6.07) is 20.3. The zero-order valence-electron chi connectivity index (χ0n) is 15.7. The largest absolute Gasteiger partial charge is 0.240 e. The molecule has 0 spiro atoms. The van der Waals surface area contributed by atoms with Gasteiger partial charge in [-0.05, 0) is 36.6 Å². The Labute approximate surface area is 170 Å². The number of thioether (sulfide) groups is 1. The molecule has 0 unspecified atom stereocenters. The minimum absolute atomic E-state index is 0.519. The van der Waals surface area contributed by atoms with Crippen molar-refractivity contribution in [2.24, 2.45) is 5.92 Å². The Kier molecular flexibility index (Phi) is 6.21. The summed E-state index contributed by atoms with van der Waals surface area (Å²) in [5.41, 5.74) is 5.62. The molecule has 0 aliphatic carbocycles. The van der Waals surface area contributed by atoms with Crippen LogP contribution in [0.15, 0.2) is 59.6 Å². The fourth-order valence-electron chi connectivity index (χ4n) is 2.71. The highest BCUT2D eigenvalue weighted by Gasteiger charge is 2.16. The third-order valence-corrected chi connectivity index (χ3v) is 5.81. The van der Waals surface area contributed by atoms with Crippen molar-refractivity contribution in [3.63, 3.8) is 0 Å². The average molecular weight is 393 g/mol. The number of aromatic nitrogens is 1. The van der Waals surface area contributed by atoms with Crippen molar-refractivity contribution in [3.05, 3.63) is 70.7 Å². The lowest BCUT2D eigenvalue weighted by Crippen LogP contribution is -1.98. The van der Waals surface area contributed by atoms with Gasteiger partial charge in [-0.15, -0.1) is 11.8 Å². The van der Waals surface area contributed by atoms with Crippen LogP contribution in [0.5, 0.6) is 0 Å². The van der Waals surface area contributed by atoms with Gasteiger partial charge in [-0.3, -0.25) is 0 Å². The van der Waals surface area contributed by atoms with Crippen molar-refractivity contribution in [1.29, 1.82) is 5.26 Å². The third kappa shape index (κ3) is 4.71. The summed E-state index contributed by atoms with van der Waals surface area (Å²) in [6.45, 7) is 6.41. The maximum atomic E-state index is 9.85. The smallest absolute Gasteiger partial charge is 0.115 e. The van der Waals surface area contributed by atoms with E-state index in [2.05, 4.69) is 51.1 Å². The molecule has 1 heterocycles. The van der Waals surface area contributed by atoms with Crippen LogP contribution in [-0.2, 0) is 0 Å². The third-order valence-electron chi connectivity index (χ3n) is 4.15. The number of nitrogens with zero attached hydrogens (tertiary/aromatic N) is 2. The predicted octanol–water partition coefficient (Wildman–Crippen LogP) is 7.00. The first-order valence-corrected chi connectivity index (χ1v) is 10.2. The van der Waals surface area contributed by atoms with Gasteiger partial charge >= 0.3 is 0 Å². The van der Waals surface area contributed by atoms with Crippen LogP contribution in [0.4, 0.5) is 0 Å². The maximum Gasteiger partial charge on any atom is 0.115 e. The van der Waals surface area contributed by atoms with Crippen molar-refractivity contribution >= 4 is 23.4 Å². The highest BCUT2D eigenvalue weighted by Crippen LogP contribution is 2.35. The SMILES string of the molecule is Cc1ccc(-c2cc(-c3ccc(Cl)cc3)c(C#N)c(SCC(C)C)n2)cc1. The molecule has 2 aromatic carbocycles. The topological polar surface area (TPSA) is 36.7 Å². The van der Waals surface area contributed by atoms with E-state index in [-0.39, 0.29) is 0 Å². The first-order valence-electron chi connectivity index (χ1n) is 8.89. The molecule has 0 saturated carbocycles. The van der Waals surface area contributed by atoms with E-state index in [0.29, 0.717) is 16.5 Å². The number of halogens is 1. The molecule has 0 fully saturated rings. The van der Waals surface area contributed by atoms with Crippen LogP contribution in [-0.4, -0.2) is 10.7 Å². The van der Waals surface area contributed by atoms with Gasteiger partial charge in [0, 0.05) is 21.9 Å². The highest BCUT2D eigenvalue weighted by atomic mass is 35.5. The van der Waals surface area contributed by atoms with Gasteiger partial charge in [-0.1, -0.05) is 67.4 Å². The fraction of sp³-hybridized carbons (Fsp3) is 0.217. The molecule has 4 heteroatoms. The molecule has 0 amide bonds. The Morgan fingerprint density at radius 1 is 1.04 bits per heavy atom. The van der Waals surface area contributed by atoms with Crippen molar-refractivity contribution < 1.29 is 0 Å². The van der Waals surface area contributed by atoms with Gasteiger partial charge in [0.15, 0.2) is 0 Å². The summed E-state index contributed by atoms with van der Waals surface area (Å²) < 4.78 is 0. The molecule has 0 saturated heterocycles. The molecule has 3 aromatic rings. The van der Waals surface area contributed by atoms with Crippen molar-refractivity contribution in [3.8, 4) is 28.5 Å². The molecule has 0 aliphatic heterocycles. The van der Waals surface area contributed by atoms with Crippen LogP contribution in [0.3, 0.4) is 0 Å². The van der Waals surface area contributed by atoms with E-state index in [1.54, 1.807) is 11.8 Å². The van der Waals surface area contributed by atoms with E-state index in [9.17, 15) is 5.26 Å². The fourth-order valence-corrected chi connectivity index (χ4v) is 3.79. The van der Waals surface area contributed by atoms with Gasteiger partial charge in [0.05, 0.1) is 11.3 Å². The van der Waals surface area contributed by atoms with E-state index in [4.69, 9.17) is 16.6 Å². The number of rotatable bonds is 5. The number of hydrogen-bond donors (Lipinski definition) is 0. The Morgan fingerprint density at radius 3 is 2.26 bits per heavy atom. The Bertz CT molecular complexity index is 971. The standard InChI is InChI=1S/C23H21ClN2S/c1-15(2)14-27-23-21(13-25)20(17-8-10-19(24)11-9-17)12-22(26-23)18-6-4-16(3)5-7-18/h4-12,15H,14H2,1-3H3. The maximum absolute atomic E-state index is 9.85. The van der Waals surface area contributed by atoms with Gasteiger partial charge in [0.1, 0.15) is 11.1 Å². The zero-order valence-corrected chi connectivity index (χ0v) is 17.2. The minimum Gasteiger partial charge on any atom is -0.240 e. The second-order valence-corrected chi connectivity index (χ2v) is 8.37. The second-order valence-electron chi connectivity index (χ2n) is 6.92. The molecule has 0 bridgehead atoms. The summed E-state index contributed by atoms with van der Waals surface area (Å²) in [6.07, 6.45) is 0. The van der Waals surface area contributed by atoms with E-state index < -0.39 is 0 Å². The van der Waals surface area contributed by atoms with Gasteiger partial charge < -0.3 is 0 Å². The summed E-state index contributed by atoms with van der Waals surface area (Å²) in [4.78, 5) is 4.83. The molecule has 27 heavy (non-hydrogen) atoms. The van der Waals surface area contributed by atoms with E-state index in [0.717, 1.165) is 33.2 Å². The summed E-state index contributed by atoms with van der Waals surface area (Å²) in [7, 11) is 0. The monoisotopic (exact) mass is 392 g/mol. The lowest BCUT2D eigenvalue weighted by Gasteiger charge is -2.13. The van der Waals surface area contributed by atoms with Gasteiger partial charge in [0.25, 0.3) is 0 Å². The predicted molar refractivity (Wildman–Crippen MR) is 115 cm³/mol. The van der Waals surface area contributed by atoms with Gasteiger partial charge in [0.2, 0.25) is 0 Å². The van der Waals surface area contributed by atoms with Crippen LogP contribution >= 0.6 is 23.4 Å². The molecule has 2 nitrogen and oxygen atoms in total. The molecule has 0 N–H and O–H groups in total. The molecular formula is C23H21ClN2S. The summed E-state index contributed by atoms with van der Waals surface area (Å²) >= 11 is 7.69. The lowest BCUT2D eigenvalue weighted by atomic mass is 9.99.